The summed E-state index contributed by atoms with van der Waals surface area (Å²) in [6.45, 7) is 2.50. The van der Waals surface area contributed by atoms with Crippen molar-refractivity contribution < 1.29 is 14.4 Å². The van der Waals surface area contributed by atoms with Gasteiger partial charge in [0.25, 0.3) is 0 Å². The third-order valence-corrected chi connectivity index (χ3v) is 0.250. The molecule has 7 heavy (non-hydrogen) atoms. The van der Waals surface area contributed by atoms with Crippen molar-refractivity contribution in [3.05, 3.63) is 0 Å². The van der Waals surface area contributed by atoms with E-state index in [1.54, 1.807) is 0 Å². The molecule has 4 nitrogen and oxygen atoms in total. The first-order chi connectivity index (χ1) is 3.23. The van der Waals surface area contributed by atoms with Gasteiger partial charge in [-0.25, -0.2) is 0 Å². The molecule has 0 aliphatic carbocycles. The molecule has 5 heteroatoms. The van der Waals surface area contributed by atoms with Gasteiger partial charge in [-0.2, -0.15) is 0 Å². The minimum atomic E-state index is -2.87. The molecule has 0 spiro atoms. The largest absolute Gasteiger partial charge is 0.692 e. The lowest BCUT2D eigenvalue weighted by molar-refractivity contribution is 0.405. The van der Waals surface area contributed by atoms with Crippen LogP contribution in [0.4, 0.5) is 0 Å². The summed E-state index contributed by atoms with van der Waals surface area (Å²) in [6.07, 6.45) is 0. The van der Waals surface area contributed by atoms with E-state index in [1.165, 1.54) is 13.1 Å². The second-order valence-electron chi connectivity index (χ2n) is 1.00. The van der Waals surface area contributed by atoms with Crippen LogP contribution >= 0.6 is 8.25 Å². The van der Waals surface area contributed by atoms with Gasteiger partial charge in [-0.15, -0.1) is 9.79 Å². The molecule has 0 aromatic heterocycles. The van der Waals surface area contributed by atoms with E-state index >= 15 is 0 Å². The van der Waals surface area contributed by atoms with Gasteiger partial charge in [0.15, 0.2) is 0 Å². The van der Waals surface area contributed by atoms with E-state index in [0.717, 1.165) is 0 Å². The topological polar surface area (TPSA) is 79.5 Å². The van der Waals surface area contributed by atoms with Crippen LogP contribution in [0.15, 0.2) is 0 Å². The summed E-state index contributed by atoms with van der Waals surface area (Å²) in [5.74, 6) is 0. The summed E-state index contributed by atoms with van der Waals surface area (Å²) in [4.78, 5) is 14.2. The van der Waals surface area contributed by atoms with Gasteiger partial charge in [0.2, 0.25) is 0 Å². The Bertz CT molecular complexity index is 57.2. The van der Waals surface area contributed by atoms with Gasteiger partial charge in [0.1, 0.15) is 0 Å². The van der Waals surface area contributed by atoms with Crippen molar-refractivity contribution in [3.63, 3.8) is 0 Å². The Morgan fingerprint density at radius 2 is 1.57 bits per heavy atom. The zero-order valence-electron chi connectivity index (χ0n) is 3.66. The Hall–Kier alpha value is -0.0200. The Balaban J connectivity index is 0.000000105. The lowest BCUT2D eigenvalue weighted by atomic mass is 11.0. The van der Waals surface area contributed by atoms with Crippen LogP contribution in [0.5, 0.6) is 0 Å². The van der Waals surface area contributed by atoms with Crippen LogP contribution in [0.1, 0.15) is 0 Å². The number of hydrogen-bond acceptors (Lipinski definition) is 2. The van der Waals surface area contributed by atoms with Crippen molar-refractivity contribution in [3.8, 4) is 0 Å². The van der Waals surface area contributed by atoms with Gasteiger partial charge in [0, 0.05) is 17.7 Å². The second kappa shape index (κ2) is 4.15. The quantitative estimate of drug-likeness (QED) is 0.292. The van der Waals surface area contributed by atoms with Crippen LogP contribution < -0.4 is 5.32 Å². The minimum Gasteiger partial charge on any atom is -0.314 e. The zero-order chi connectivity index (χ0) is 5.70. The average Bonchev–Trinajstić information content (AvgIpc) is 2.02. The molecule has 0 aromatic carbocycles. The van der Waals surface area contributed by atoms with Crippen molar-refractivity contribution in [1.82, 2.24) is 5.32 Å². The molecule has 1 aliphatic rings. The summed E-state index contributed by atoms with van der Waals surface area (Å²) < 4.78 is 8.70. The van der Waals surface area contributed by atoms with E-state index in [0.29, 0.717) is 0 Å². The Morgan fingerprint density at radius 3 is 1.57 bits per heavy atom. The lowest BCUT2D eigenvalue weighted by Gasteiger charge is -1.34. The molecule has 0 saturated carbocycles. The van der Waals surface area contributed by atoms with E-state index in [9.17, 15) is 0 Å². The Labute approximate surface area is 42.1 Å². The zero-order valence-corrected chi connectivity index (χ0v) is 4.56. The fraction of sp³-hybridized carbons (Fsp3) is 1.00. The predicted octanol–water partition coefficient (Wildman–Crippen LogP) is -0.782. The fourth-order valence-corrected chi connectivity index (χ4v) is 0. The Morgan fingerprint density at radius 1 is 1.43 bits per heavy atom. The normalized spacial score (nSPS) is 14.0. The average molecular weight is 124 g/mol. The Kier molecular flexibility index (Phi) is 4.14. The fourth-order valence-electron chi connectivity index (χ4n) is 0. The number of nitrogens with one attached hydrogen (secondary N) is 1. The molecule has 42 valence electrons. The van der Waals surface area contributed by atoms with Gasteiger partial charge in [-0.05, 0) is 0 Å². The summed E-state index contributed by atoms with van der Waals surface area (Å²) in [5, 5.41) is 3.00. The predicted molar refractivity (Wildman–Crippen MR) is 24.9 cm³/mol. The molecule has 1 saturated heterocycles. The van der Waals surface area contributed by atoms with Crippen molar-refractivity contribution in [2.75, 3.05) is 13.1 Å². The molecular weight excluding hydrogens is 117 g/mol. The van der Waals surface area contributed by atoms with Gasteiger partial charge < -0.3 is 5.32 Å². The molecule has 0 radical (unpaired) electrons. The molecule has 0 bridgehead atoms. The van der Waals surface area contributed by atoms with E-state index < -0.39 is 8.25 Å². The first-order valence-electron chi connectivity index (χ1n) is 1.79. The van der Waals surface area contributed by atoms with Crippen molar-refractivity contribution in [1.29, 1.82) is 0 Å². The van der Waals surface area contributed by atoms with E-state index in [1.807, 2.05) is 0 Å². The summed E-state index contributed by atoms with van der Waals surface area (Å²) in [6, 6.07) is 0. The van der Waals surface area contributed by atoms with E-state index in [-0.39, 0.29) is 0 Å². The molecule has 0 aromatic rings. The standard InChI is InChI=1S/C2H5N.HO3P/c1-2-3-1;1-4(2)3/h3H,1-2H2;(H-,1,2,3)/p+1. The van der Waals surface area contributed by atoms with Gasteiger partial charge in [-0.3, -0.25) is 0 Å². The van der Waals surface area contributed by atoms with Crippen molar-refractivity contribution in [2.24, 2.45) is 0 Å². The van der Waals surface area contributed by atoms with Gasteiger partial charge in [0.05, 0.1) is 0 Å². The molecule has 1 rings (SSSR count). The highest BCUT2D eigenvalue weighted by Gasteiger charge is 1.93. The summed E-state index contributed by atoms with van der Waals surface area (Å²) in [7, 11) is -2.87. The van der Waals surface area contributed by atoms with Crippen molar-refractivity contribution in [2.45, 2.75) is 0 Å². The minimum absolute atomic E-state index is 1.25. The molecule has 1 aliphatic heterocycles. The SMILES string of the molecule is C1CN1.O=[P+](O)O. The monoisotopic (exact) mass is 124 g/mol. The van der Waals surface area contributed by atoms with Crippen LogP contribution in [0.3, 0.4) is 0 Å². The maximum atomic E-state index is 8.70. The number of hydrogen-bond donors (Lipinski definition) is 3. The molecule has 0 unspecified atom stereocenters. The number of rotatable bonds is 0. The molecule has 0 atom stereocenters. The molecule has 1 fully saturated rings. The van der Waals surface area contributed by atoms with Crippen LogP contribution in [0.25, 0.3) is 0 Å². The smallest absolute Gasteiger partial charge is 0.314 e. The maximum Gasteiger partial charge on any atom is 0.692 e. The molecular formula is C2H7NO3P+. The summed E-state index contributed by atoms with van der Waals surface area (Å²) >= 11 is 0. The highest BCUT2D eigenvalue weighted by atomic mass is 31.1. The maximum absolute atomic E-state index is 8.70. The van der Waals surface area contributed by atoms with Crippen LogP contribution in [0.2, 0.25) is 0 Å². The highest BCUT2D eigenvalue weighted by molar-refractivity contribution is 7.30. The molecule has 0 amide bonds. The highest BCUT2D eigenvalue weighted by Crippen LogP contribution is 1.98. The van der Waals surface area contributed by atoms with Gasteiger partial charge >= 0.3 is 8.25 Å². The first kappa shape index (κ1) is 6.98. The third kappa shape index (κ3) is 98.6. The van der Waals surface area contributed by atoms with Crippen LogP contribution in [0, 0.1) is 0 Å². The molecule has 1 heterocycles. The van der Waals surface area contributed by atoms with E-state index in [2.05, 4.69) is 5.32 Å². The van der Waals surface area contributed by atoms with Crippen molar-refractivity contribution >= 4 is 8.25 Å². The summed E-state index contributed by atoms with van der Waals surface area (Å²) in [5.41, 5.74) is 0. The first-order valence-corrected chi connectivity index (χ1v) is 2.95. The van der Waals surface area contributed by atoms with Gasteiger partial charge in [-0.1, -0.05) is 0 Å². The van der Waals surface area contributed by atoms with E-state index in [4.69, 9.17) is 14.4 Å². The second-order valence-corrected chi connectivity index (χ2v) is 1.51. The van der Waals surface area contributed by atoms with Crippen LogP contribution in [-0.4, -0.2) is 22.9 Å². The molecule has 3 N–H and O–H groups in total. The van der Waals surface area contributed by atoms with Crippen LogP contribution in [-0.2, 0) is 4.57 Å². The third-order valence-electron chi connectivity index (χ3n) is 0.250. The lowest BCUT2D eigenvalue weighted by Crippen LogP contribution is -1.56.